The van der Waals surface area contributed by atoms with E-state index in [0.29, 0.717) is 38.4 Å². The van der Waals surface area contributed by atoms with E-state index in [1.165, 1.54) is 34.7 Å². The van der Waals surface area contributed by atoms with E-state index in [-0.39, 0.29) is 5.91 Å². The van der Waals surface area contributed by atoms with E-state index in [2.05, 4.69) is 72.2 Å². The lowest BCUT2D eigenvalue weighted by molar-refractivity contribution is -0.118. The topological polar surface area (TPSA) is 83.4 Å². The molecule has 4 aromatic rings. The second kappa shape index (κ2) is 13.8. The van der Waals surface area contributed by atoms with Crippen LogP contribution in [0.2, 0.25) is 0 Å². The normalized spacial score (nSPS) is 11.9. The molecule has 0 atom stereocenters. The maximum absolute atomic E-state index is 11.3. The molecule has 42 heavy (non-hydrogen) atoms. The number of nitrogens with zero attached hydrogens (tertiary/aromatic N) is 1. The monoisotopic (exact) mass is 559 g/mol. The summed E-state index contributed by atoms with van der Waals surface area (Å²) in [5.41, 5.74) is 10.1. The van der Waals surface area contributed by atoms with Gasteiger partial charge in [-0.25, -0.2) is 0 Å². The zero-order valence-corrected chi connectivity index (χ0v) is 24.3. The van der Waals surface area contributed by atoms with E-state index in [0.717, 1.165) is 47.5 Å². The molecule has 0 saturated heterocycles. The highest BCUT2D eigenvalue weighted by molar-refractivity contribution is 5.72. The summed E-state index contributed by atoms with van der Waals surface area (Å²) < 4.78 is 13.0. The van der Waals surface area contributed by atoms with Crippen molar-refractivity contribution in [2.45, 2.75) is 52.9 Å². The van der Waals surface area contributed by atoms with E-state index in [1.54, 1.807) is 0 Å². The molecule has 6 heteroatoms. The number of hydrogen-bond acceptors (Lipinski definition) is 5. The van der Waals surface area contributed by atoms with Crippen LogP contribution in [0.3, 0.4) is 0 Å². The molecule has 1 aliphatic carbocycles. The number of fused-ring (bicyclic) bond motifs is 1. The number of carbonyl (C=O) groups is 1. The Morgan fingerprint density at radius 3 is 2.40 bits per heavy atom. The molecule has 1 amide bonds. The van der Waals surface area contributed by atoms with Crippen LogP contribution in [-0.2, 0) is 37.4 Å². The van der Waals surface area contributed by atoms with Gasteiger partial charge in [-0.2, -0.15) is 5.26 Å². The Balaban J connectivity index is 1.39. The van der Waals surface area contributed by atoms with Crippen LogP contribution in [0.15, 0.2) is 78.9 Å². The molecule has 0 unspecified atom stereocenters. The van der Waals surface area contributed by atoms with Gasteiger partial charge in [0.1, 0.15) is 24.7 Å². The van der Waals surface area contributed by atoms with E-state index >= 15 is 0 Å². The zero-order chi connectivity index (χ0) is 29.3. The lowest BCUT2D eigenvalue weighted by Gasteiger charge is -2.20. The van der Waals surface area contributed by atoms with Crippen LogP contribution in [0.1, 0.15) is 52.3 Å². The second-order valence-electron chi connectivity index (χ2n) is 10.7. The van der Waals surface area contributed by atoms with Gasteiger partial charge in [-0.1, -0.05) is 60.7 Å². The third-order valence-electron chi connectivity index (χ3n) is 7.81. The quantitative estimate of drug-likeness (QED) is 0.196. The molecular formula is C36H37N3O3. The predicted octanol–water partition coefficient (Wildman–Crippen LogP) is 6.41. The number of rotatable bonds is 12. The van der Waals surface area contributed by atoms with Crippen molar-refractivity contribution in [3.05, 3.63) is 118 Å². The van der Waals surface area contributed by atoms with Gasteiger partial charge in [0.25, 0.3) is 0 Å². The fourth-order valence-electron chi connectivity index (χ4n) is 5.54. The third-order valence-corrected chi connectivity index (χ3v) is 7.81. The third kappa shape index (κ3) is 6.99. The van der Waals surface area contributed by atoms with Crippen molar-refractivity contribution in [2.75, 3.05) is 13.1 Å². The Bertz CT molecular complexity index is 1570. The number of ether oxygens (including phenoxy) is 2. The van der Waals surface area contributed by atoms with Crippen LogP contribution in [0.4, 0.5) is 0 Å². The summed E-state index contributed by atoms with van der Waals surface area (Å²) in [7, 11) is 0. The highest BCUT2D eigenvalue weighted by Gasteiger charge is 2.24. The van der Waals surface area contributed by atoms with Crippen LogP contribution in [0.5, 0.6) is 11.5 Å². The molecule has 214 valence electrons. The van der Waals surface area contributed by atoms with Crippen molar-refractivity contribution in [3.8, 4) is 28.7 Å². The molecule has 1 aliphatic rings. The predicted molar refractivity (Wildman–Crippen MR) is 165 cm³/mol. The number of nitriles is 1. The summed E-state index contributed by atoms with van der Waals surface area (Å²) in [4.78, 5) is 11.3. The van der Waals surface area contributed by atoms with E-state index < -0.39 is 0 Å². The molecule has 6 nitrogen and oxygen atoms in total. The summed E-state index contributed by atoms with van der Waals surface area (Å²) in [6.07, 6.45) is 3.03. The van der Waals surface area contributed by atoms with Gasteiger partial charge < -0.3 is 20.1 Å². The Hall–Kier alpha value is -4.60. The van der Waals surface area contributed by atoms with Gasteiger partial charge in [-0.3, -0.25) is 4.79 Å². The maximum Gasteiger partial charge on any atom is 0.216 e. The number of carbonyl (C=O) groups excluding carboxylic acids is 1. The Labute approximate surface area is 248 Å². The molecule has 0 saturated carbocycles. The van der Waals surface area contributed by atoms with Crippen LogP contribution < -0.4 is 20.1 Å². The van der Waals surface area contributed by atoms with E-state index in [9.17, 15) is 4.79 Å². The van der Waals surface area contributed by atoms with Crippen LogP contribution in [0, 0.1) is 18.3 Å². The minimum absolute atomic E-state index is 0.0322. The number of hydrogen-bond donors (Lipinski definition) is 2. The highest BCUT2D eigenvalue weighted by Crippen LogP contribution is 2.40. The summed E-state index contributed by atoms with van der Waals surface area (Å²) in [6, 6.07) is 28.5. The number of nitrogens with one attached hydrogen (secondary N) is 2. The molecule has 0 spiro atoms. The molecule has 0 fully saturated rings. The SMILES string of the molecule is CC(=O)NCCNCc1c(OCc2ccc(C#N)cc2)cc(OCc2cccc(-c3ccccc3)c2C)c2c1CCC2. The van der Waals surface area contributed by atoms with E-state index in [4.69, 9.17) is 14.7 Å². The van der Waals surface area contributed by atoms with Crippen molar-refractivity contribution in [3.63, 3.8) is 0 Å². The Morgan fingerprint density at radius 2 is 1.64 bits per heavy atom. The summed E-state index contributed by atoms with van der Waals surface area (Å²) >= 11 is 0. The first-order chi connectivity index (χ1) is 20.5. The molecule has 0 radical (unpaired) electrons. The lowest BCUT2D eigenvalue weighted by Crippen LogP contribution is -2.30. The lowest BCUT2D eigenvalue weighted by atomic mass is 9.97. The molecule has 5 rings (SSSR count). The first-order valence-electron chi connectivity index (χ1n) is 14.5. The van der Waals surface area contributed by atoms with Gasteiger partial charge in [0.15, 0.2) is 0 Å². The number of benzene rings is 4. The maximum atomic E-state index is 11.3. The van der Waals surface area contributed by atoms with Crippen molar-refractivity contribution in [1.29, 1.82) is 5.26 Å². The molecule has 0 heterocycles. The Morgan fingerprint density at radius 1 is 0.881 bits per heavy atom. The standard InChI is InChI=1S/C36H37N3O3/c1-25-30(10-6-11-31(25)29-8-4-3-5-9-29)24-42-35-20-36(41-23-28-16-14-27(21-37)15-17-28)34(32-12-7-13-33(32)35)22-38-18-19-39-26(2)40/h3-6,8-11,14-17,20,38H,7,12-13,18-19,22-24H2,1-2H3,(H,39,40). The molecule has 0 bridgehead atoms. The molecule has 0 aromatic heterocycles. The van der Waals surface area contributed by atoms with Gasteiger partial charge in [0.2, 0.25) is 5.91 Å². The van der Waals surface area contributed by atoms with Gasteiger partial charge in [-0.05, 0) is 77.3 Å². The van der Waals surface area contributed by atoms with Crippen LogP contribution in [0.25, 0.3) is 11.1 Å². The van der Waals surface area contributed by atoms with Crippen molar-refractivity contribution < 1.29 is 14.3 Å². The average Bonchev–Trinajstić information content (AvgIpc) is 3.51. The van der Waals surface area contributed by atoms with E-state index in [1.807, 2.05) is 30.3 Å². The van der Waals surface area contributed by atoms with Crippen molar-refractivity contribution in [1.82, 2.24) is 10.6 Å². The summed E-state index contributed by atoms with van der Waals surface area (Å²) in [5, 5.41) is 15.5. The molecule has 2 N–H and O–H groups in total. The van der Waals surface area contributed by atoms with Crippen molar-refractivity contribution >= 4 is 5.91 Å². The summed E-state index contributed by atoms with van der Waals surface area (Å²) in [5.74, 6) is 1.65. The minimum atomic E-state index is -0.0322. The first kappa shape index (κ1) is 28.9. The first-order valence-corrected chi connectivity index (χ1v) is 14.5. The second-order valence-corrected chi connectivity index (χ2v) is 10.7. The van der Waals surface area contributed by atoms with Gasteiger partial charge in [0, 0.05) is 38.2 Å². The average molecular weight is 560 g/mol. The zero-order valence-electron chi connectivity index (χ0n) is 24.3. The fraction of sp³-hybridized carbons (Fsp3) is 0.278. The van der Waals surface area contributed by atoms with Gasteiger partial charge >= 0.3 is 0 Å². The Kier molecular flexibility index (Phi) is 9.53. The fourth-order valence-corrected chi connectivity index (χ4v) is 5.54. The van der Waals surface area contributed by atoms with Gasteiger partial charge in [-0.15, -0.1) is 0 Å². The number of amides is 1. The van der Waals surface area contributed by atoms with Crippen molar-refractivity contribution in [2.24, 2.45) is 0 Å². The van der Waals surface area contributed by atoms with Crippen LogP contribution >= 0.6 is 0 Å². The molecule has 4 aromatic carbocycles. The molecule has 0 aliphatic heterocycles. The van der Waals surface area contributed by atoms with Gasteiger partial charge in [0.05, 0.1) is 11.6 Å². The highest BCUT2D eigenvalue weighted by atomic mass is 16.5. The smallest absolute Gasteiger partial charge is 0.216 e. The van der Waals surface area contributed by atoms with Crippen LogP contribution in [-0.4, -0.2) is 19.0 Å². The molecular weight excluding hydrogens is 522 g/mol. The minimum Gasteiger partial charge on any atom is -0.488 e. The summed E-state index contributed by atoms with van der Waals surface area (Å²) in [6.45, 7) is 6.43. The largest absolute Gasteiger partial charge is 0.488 e.